The van der Waals surface area contributed by atoms with Crippen LogP contribution in [0.4, 0.5) is 20.2 Å². The summed E-state index contributed by atoms with van der Waals surface area (Å²) in [5.74, 6) is -1.37. The molecule has 0 atom stereocenters. The zero-order valence-electron chi connectivity index (χ0n) is 10.1. The first-order valence-corrected chi connectivity index (χ1v) is 5.97. The Morgan fingerprint density at radius 2 is 1.95 bits per heavy atom. The van der Waals surface area contributed by atoms with Gasteiger partial charge in [0.1, 0.15) is 5.82 Å². The van der Waals surface area contributed by atoms with Crippen LogP contribution in [-0.4, -0.2) is 4.92 Å². The quantitative estimate of drug-likeness (QED) is 0.682. The van der Waals surface area contributed by atoms with Gasteiger partial charge in [-0.1, -0.05) is 17.7 Å². The Hall–Kier alpha value is -2.21. The highest BCUT2D eigenvalue weighted by atomic mass is 35.5. The van der Waals surface area contributed by atoms with E-state index in [1.165, 1.54) is 24.3 Å². The average molecular weight is 299 g/mol. The van der Waals surface area contributed by atoms with Gasteiger partial charge in [0, 0.05) is 12.6 Å². The fourth-order valence-electron chi connectivity index (χ4n) is 1.64. The number of benzene rings is 2. The molecule has 7 heteroatoms. The average Bonchev–Trinajstić information content (AvgIpc) is 2.39. The van der Waals surface area contributed by atoms with E-state index in [1.54, 1.807) is 0 Å². The maximum Gasteiger partial charge on any atom is 0.304 e. The summed E-state index contributed by atoms with van der Waals surface area (Å²) in [5, 5.41) is 13.7. The fourth-order valence-corrected chi connectivity index (χ4v) is 1.82. The maximum absolute atomic E-state index is 13.4. The van der Waals surface area contributed by atoms with Crippen LogP contribution < -0.4 is 5.32 Å². The highest BCUT2D eigenvalue weighted by molar-refractivity contribution is 6.33. The van der Waals surface area contributed by atoms with Crippen molar-refractivity contribution in [2.24, 2.45) is 0 Å². The van der Waals surface area contributed by atoms with Gasteiger partial charge in [0.15, 0.2) is 0 Å². The normalized spacial score (nSPS) is 10.3. The summed E-state index contributed by atoms with van der Waals surface area (Å²) in [4.78, 5) is 9.69. The molecule has 0 spiro atoms. The van der Waals surface area contributed by atoms with Gasteiger partial charge in [-0.3, -0.25) is 10.1 Å². The minimum absolute atomic E-state index is 0.165. The van der Waals surface area contributed by atoms with Crippen LogP contribution in [0.15, 0.2) is 36.4 Å². The van der Waals surface area contributed by atoms with Gasteiger partial charge in [0.2, 0.25) is 5.82 Å². The summed E-state index contributed by atoms with van der Waals surface area (Å²) in [6.45, 7) is 0.165. The number of nitrogens with zero attached hydrogens (tertiary/aromatic N) is 1. The minimum Gasteiger partial charge on any atom is -0.380 e. The lowest BCUT2D eigenvalue weighted by molar-refractivity contribution is -0.387. The second kappa shape index (κ2) is 5.83. The zero-order chi connectivity index (χ0) is 14.7. The largest absolute Gasteiger partial charge is 0.380 e. The summed E-state index contributed by atoms with van der Waals surface area (Å²) in [6.07, 6.45) is 0. The number of hydrogen-bond donors (Lipinski definition) is 1. The number of nitro benzene ring substituents is 1. The number of hydrogen-bond acceptors (Lipinski definition) is 3. The van der Waals surface area contributed by atoms with Crippen molar-refractivity contribution >= 4 is 23.0 Å². The SMILES string of the molecule is O=[N+]([O-])c1ccc(CNc2cc(F)ccc2Cl)cc1F. The van der Waals surface area contributed by atoms with Gasteiger partial charge in [0.25, 0.3) is 0 Å². The van der Waals surface area contributed by atoms with Crippen LogP contribution >= 0.6 is 11.6 Å². The molecule has 0 radical (unpaired) electrons. The standard InChI is InChI=1S/C13H9ClF2N2O2/c14-10-3-2-9(15)6-12(10)17-7-8-1-4-13(18(19)20)11(16)5-8/h1-6,17H,7H2. The maximum atomic E-state index is 13.4. The van der Waals surface area contributed by atoms with Crippen molar-refractivity contribution in [3.63, 3.8) is 0 Å². The molecule has 4 nitrogen and oxygen atoms in total. The highest BCUT2D eigenvalue weighted by Gasteiger charge is 2.13. The Bertz CT molecular complexity index is 665. The van der Waals surface area contributed by atoms with Crippen LogP contribution in [0.1, 0.15) is 5.56 Å². The Kier molecular flexibility index (Phi) is 4.14. The molecule has 0 heterocycles. The Balaban J connectivity index is 2.13. The molecule has 2 aromatic carbocycles. The van der Waals surface area contributed by atoms with Gasteiger partial charge < -0.3 is 5.32 Å². The third-order valence-electron chi connectivity index (χ3n) is 2.62. The molecule has 1 N–H and O–H groups in total. The van der Waals surface area contributed by atoms with Gasteiger partial charge in [-0.15, -0.1) is 0 Å². The number of rotatable bonds is 4. The van der Waals surface area contributed by atoms with Crippen molar-refractivity contribution < 1.29 is 13.7 Å². The number of anilines is 1. The van der Waals surface area contributed by atoms with Crippen LogP contribution in [0.5, 0.6) is 0 Å². The van der Waals surface area contributed by atoms with Crippen molar-refractivity contribution in [1.82, 2.24) is 0 Å². The van der Waals surface area contributed by atoms with Crippen molar-refractivity contribution in [1.29, 1.82) is 0 Å². The summed E-state index contributed by atoms with van der Waals surface area (Å²) >= 11 is 5.87. The van der Waals surface area contributed by atoms with E-state index in [0.717, 1.165) is 12.1 Å². The molecule has 0 amide bonds. The number of nitro groups is 1. The molecule has 104 valence electrons. The van der Waals surface area contributed by atoms with Crippen LogP contribution in [0.2, 0.25) is 5.02 Å². The van der Waals surface area contributed by atoms with Crippen molar-refractivity contribution in [3.8, 4) is 0 Å². The third-order valence-corrected chi connectivity index (χ3v) is 2.95. The molecule has 0 bridgehead atoms. The highest BCUT2D eigenvalue weighted by Crippen LogP contribution is 2.24. The molecule has 0 unspecified atom stereocenters. The second-order valence-corrected chi connectivity index (χ2v) is 4.43. The summed E-state index contributed by atoms with van der Waals surface area (Å²) in [7, 11) is 0. The van der Waals surface area contributed by atoms with Crippen molar-refractivity contribution in [2.75, 3.05) is 5.32 Å². The molecular weight excluding hydrogens is 290 g/mol. The zero-order valence-corrected chi connectivity index (χ0v) is 10.8. The summed E-state index contributed by atoms with van der Waals surface area (Å²) in [5.41, 5.74) is 0.261. The third kappa shape index (κ3) is 3.21. The Labute approximate surface area is 118 Å². The van der Waals surface area contributed by atoms with Crippen molar-refractivity contribution in [2.45, 2.75) is 6.54 Å². The van der Waals surface area contributed by atoms with Crippen molar-refractivity contribution in [3.05, 3.63) is 68.7 Å². The molecule has 20 heavy (non-hydrogen) atoms. The van der Waals surface area contributed by atoms with E-state index in [2.05, 4.69) is 5.32 Å². The van der Waals surface area contributed by atoms with Crippen LogP contribution in [-0.2, 0) is 6.54 Å². The van der Waals surface area contributed by atoms with Gasteiger partial charge in [0.05, 0.1) is 15.6 Å². The second-order valence-electron chi connectivity index (χ2n) is 4.02. The van der Waals surface area contributed by atoms with Crippen LogP contribution in [0, 0.1) is 21.7 Å². The van der Waals surface area contributed by atoms with Gasteiger partial charge in [-0.05, 0) is 29.8 Å². The van der Waals surface area contributed by atoms with E-state index in [-0.39, 0.29) is 6.54 Å². The topological polar surface area (TPSA) is 55.2 Å². The van der Waals surface area contributed by atoms with Gasteiger partial charge in [-0.2, -0.15) is 4.39 Å². The first kappa shape index (κ1) is 14.2. The monoisotopic (exact) mass is 298 g/mol. The van der Waals surface area contributed by atoms with Gasteiger partial charge in [-0.25, -0.2) is 4.39 Å². The molecule has 0 aromatic heterocycles. The van der Waals surface area contributed by atoms with E-state index in [4.69, 9.17) is 11.6 Å². The molecule has 0 aliphatic carbocycles. The molecule has 0 aliphatic heterocycles. The summed E-state index contributed by atoms with van der Waals surface area (Å²) < 4.78 is 26.5. The van der Waals surface area contributed by atoms with Gasteiger partial charge >= 0.3 is 5.69 Å². The Morgan fingerprint density at radius 1 is 1.20 bits per heavy atom. The number of nitrogens with one attached hydrogen (secondary N) is 1. The first-order chi connectivity index (χ1) is 9.47. The van der Waals surface area contributed by atoms with E-state index in [0.29, 0.717) is 16.3 Å². The lowest BCUT2D eigenvalue weighted by Crippen LogP contribution is -2.02. The molecule has 0 aliphatic rings. The predicted molar refractivity (Wildman–Crippen MR) is 71.8 cm³/mol. The number of halogens is 3. The fraction of sp³-hybridized carbons (Fsp3) is 0.0769. The molecule has 0 saturated heterocycles. The Morgan fingerprint density at radius 3 is 2.60 bits per heavy atom. The summed E-state index contributed by atoms with van der Waals surface area (Å²) in [6, 6.07) is 7.39. The van der Waals surface area contributed by atoms with E-state index in [1.807, 2.05) is 0 Å². The minimum atomic E-state index is -0.917. The predicted octanol–water partition coefficient (Wildman–Crippen LogP) is 4.14. The molecular formula is C13H9ClF2N2O2. The van der Waals surface area contributed by atoms with Crippen LogP contribution in [0.3, 0.4) is 0 Å². The smallest absolute Gasteiger partial charge is 0.304 e. The molecule has 0 fully saturated rings. The van der Waals surface area contributed by atoms with E-state index in [9.17, 15) is 18.9 Å². The molecule has 2 aromatic rings. The van der Waals surface area contributed by atoms with E-state index >= 15 is 0 Å². The molecule has 0 saturated carbocycles. The lowest BCUT2D eigenvalue weighted by Gasteiger charge is -2.08. The lowest BCUT2D eigenvalue weighted by atomic mass is 10.2. The molecule has 2 rings (SSSR count). The first-order valence-electron chi connectivity index (χ1n) is 5.59. The van der Waals surface area contributed by atoms with E-state index < -0.39 is 22.2 Å². The van der Waals surface area contributed by atoms with Crippen LogP contribution in [0.25, 0.3) is 0 Å².